The quantitative estimate of drug-likeness (QED) is 0.367. The van der Waals surface area contributed by atoms with Gasteiger partial charge in [0.15, 0.2) is 12.2 Å². The molecule has 0 aromatic rings. The first-order valence-corrected chi connectivity index (χ1v) is 9.80. The lowest BCUT2D eigenvalue weighted by Gasteiger charge is -2.45. The van der Waals surface area contributed by atoms with E-state index in [1.54, 1.807) is 0 Å². The first-order chi connectivity index (χ1) is 13.5. The molecular weight excluding hydrogens is 410 g/mol. The SMILES string of the molecule is CC(=O)NC1C(SCCC(=O)O)OC(COC(C)=O)C(OC(C)=O)C1OC(C)=O. The average molecular weight is 435 g/mol. The molecule has 29 heavy (non-hydrogen) atoms. The number of carbonyl (C=O) groups is 5. The fraction of sp³-hybridized carbons (Fsp3) is 0.706. The van der Waals surface area contributed by atoms with Crippen molar-refractivity contribution in [2.24, 2.45) is 0 Å². The zero-order chi connectivity index (χ0) is 22.1. The van der Waals surface area contributed by atoms with Gasteiger partial charge in [-0.2, -0.15) is 0 Å². The lowest BCUT2D eigenvalue weighted by atomic mass is 9.97. The number of aliphatic carboxylic acids is 1. The molecule has 0 saturated carbocycles. The standard InChI is InChI=1S/C17H25NO10S/c1-8(19)18-14-16(27-11(4)22)15(26-10(3)21)12(7-25-9(2)20)28-17(14)29-6-5-13(23)24/h12,14-17H,5-7H2,1-4H3,(H,18,19)(H,23,24). The highest BCUT2D eigenvalue weighted by Crippen LogP contribution is 2.32. The number of carboxylic acid groups (broad SMARTS) is 1. The van der Waals surface area contributed by atoms with Crippen LogP contribution >= 0.6 is 11.8 Å². The molecule has 1 heterocycles. The fourth-order valence-electron chi connectivity index (χ4n) is 2.70. The number of rotatable bonds is 9. The van der Waals surface area contributed by atoms with E-state index in [2.05, 4.69) is 5.32 Å². The van der Waals surface area contributed by atoms with Crippen LogP contribution in [0.4, 0.5) is 0 Å². The highest BCUT2D eigenvalue weighted by molar-refractivity contribution is 7.99. The van der Waals surface area contributed by atoms with Crippen molar-refractivity contribution in [2.75, 3.05) is 12.4 Å². The summed E-state index contributed by atoms with van der Waals surface area (Å²) in [5.41, 5.74) is -0.852. The summed E-state index contributed by atoms with van der Waals surface area (Å²) in [5, 5.41) is 11.5. The van der Waals surface area contributed by atoms with Gasteiger partial charge < -0.3 is 29.4 Å². The monoisotopic (exact) mass is 435 g/mol. The number of carboxylic acids is 1. The average Bonchev–Trinajstić information content (AvgIpc) is 2.56. The molecule has 0 aromatic heterocycles. The van der Waals surface area contributed by atoms with E-state index in [9.17, 15) is 24.0 Å². The number of thioether (sulfide) groups is 1. The molecule has 0 radical (unpaired) electrons. The molecule has 1 rings (SSSR count). The molecule has 0 aromatic carbocycles. The van der Waals surface area contributed by atoms with Crippen LogP contribution in [0.5, 0.6) is 0 Å². The molecule has 0 aliphatic carbocycles. The van der Waals surface area contributed by atoms with Gasteiger partial charge in [-0.1, -0.05) is 0 Å². The van der Waals surface area contributed by atoms with Gasteiger partial charge in [0.25, 0.3) is 0 Å². The van der Waals surface area contributed by atoms with Crippen molar-refractivity contribution in [3.8, 4) is 0 Å². The Labute approximate surface area is 171 Å². The Hall–Kier alpha value is -2.34. The zero-order valence-corrected chi connectivity index (χ0v) is 17.4. The van der Waals surface area contributed by atoms with Crippen LogP contribution in [0.25, 0.3) is 0 Å². The topological polar surface area (TPSA) is 155 Å². The molecule has 1 amide bonds. The number of ether oxygens (including phenoxy) is 4. The molecule has 0 bridgehead atoms. The predicted molar refractivity (Wildman–Crippen MR) is 98.7 cm³/mol. The van der Waals surface area contributed by atoms with E-state index in [1.165, 1.54) is 13.8 Å². The van der Waals surface area contributed by atoms with Crippen LogP contribution in [0.15, 0.2) is 0 Å². The van der Waals surface area contributed by atoms with Crippen molar-refractivity contribution < 1.29 is 48.0 Å². The van der Waals surface area contributed by atoms with E-state index >= 15 is 0 Å². The maximum absolute atomic E-state index is 11.7. The van der Waals surface area contributed by atoms with Crippen molar-refractivity contribution in [3.05, 3.63) is 0 Å². The minimum atomic E-state index is -1.16. The Balaban J connectivity index is 3.22. The van der Waals surface area contributed by atoms with Crippen molar-refractivity contribution in [2.45, 2.75) is 63.9 Å². The molecule has 12 heteroatoms. The lowest BCUT2D eigenvalue weighted by molar-refractivity contribution is -0.211. The second-order valence-electron chi connectivity index (χ2n) is 6.23. The molecule has 11 nitrogen and oxygen atoms in total. The van der Waals surface area contributed by atoms with Gasteiger partial charge in [-0.15, -0.1) is 11.8 Å². The molecule has 164 valence electrons. The Morgan fingerprint density at radius 3 is 2.03 bits per heavy atom. The first-order valence-electron chi connectivity index (χ1n) is 8.75. The lowest BCUT2D eigenvalue weighted by Crippen LogP contribution is -2.65. The van der Waals surface area contributed by atoms with Crippen molar-refractivity contribution >= 4 is 41.5 Å². The second kappa shape index (κ2) is 11.6. The third-order valence-corrected chi connectivity index (χ3v) is 4.84. The summed E-state index contributed by atoms with van der Waals surface area (Å²) in [4.78, 5) is 57.0. The second-order valence-corrected chi connectivity index (χ2v) is 7.44. The van der Waals surface area contributed by atoms with Crippen LogP contribution in [0.2, 0.25) is 0 Å². The van der Waals surface area contributed by atoms with Gasteiger partial charge in [-0.05, 0) is 0 Å². The summed E-state index contributed by atoms with van der Waals surface area (Å²) in [5.74, 6) is -3.32. The van der Waals surface area contributed by atoms with Crippen LogP contribution in [-0.2, 0) is 42.9 Å². The Morgan fingerprint density at radius 2 is 1.55 bits per heavy atom. The van der Waals surface area contributed by atoms with Crippen molar-refractivity contribution in [1.29, 1.82) is 0 Å². The highest BCUT2D eigenvalue weighted by atomic mass is 32.2. The fourth-order valence-corrected chi connectivity index (χ4v) is 3.87. The molecule has 1 fully saturated rings. The summed E-state index contributed by atoms with van der Waals surface area (Å²) in [7, 11) is 0. The van der Waals surface area contributed by atoms with Gasteiger partial charge in [-0.25, -0.2) is 0 Å². The van der Waals surface area contributed by atoms with E-state index in [0.717, 1.165) is 25.6 Å². The van der Waals surface area contributed by atoms with Crippen molar-refractivity contribution in [1.82, 2.24) is 5.32 Å². The first kappa shape index (κ1) is 24.7. The normalized spacial score (nSPS) is 26.1. The maximum Gasteiger partial charge on any atom is 0.304 e. The van der Waals surface area contributed by atoms with Gasteiger partial charge >= 0.3 is 23.9 Å². The molecule has 1 aliphatic heterocycles. The molecular formula is C17H25NO10S. The zero-order valence-electron chi connectivity index (χ0n) is 16.5. The molecule has 5 atom stereocenters. The van der Waals surface area contributed by atoms with E-state index in [4.69, 9.17) is 24.1 Å². The van der Waals surface area contributed by atoms with E-state index in [-0.39, 0.29) is 18.8 Å². The summed E-state index contributed by atoms with van der Waals surface area (Å²) in [6, 6.07) is -0.937. The third kappa shape index (κ3) is 8.69. The molecule has 0 spiro atoms. The van der Waals surface area contributed by atoms with Gasteiger partial charge in [0.1, 0.15) is 24.2 Å². The number of hydrogen-bond donors (Lipinski definition) is 2. The van der Waals surface area contributed by atoms with E-state index in [0.29, 0.717) is 0 Å². The molecule has 5 unspecified atom stereocenters. The van der Waals surface area contributed by atoms with Gasteiger partial charge in [-0.3, -0.25) is 24.0 Å². The summed E-state index contributed by atoms with van der Waals surface area (Å²) < 4.78 is 21.4. The number of esters is 3. The summed E-state index contributed by atoms with van der Waals surface area (Å²) >= 11 is 1.08. The summed E-state index contributed by atoms with van der Waals surface area (Å²) in [6.07, 6.45) is -3.47. The van der Waals surface area contributed by atoms with Crippen LogP contribution in [0, 0.1) is 0 Å². The van der Waals surface area contributed by atoms with Gasteiger partial charge in [0, 0.05) is 33.4 Å². The van der Waals surface area contributed by atoms with E-state index in [1.807, 2.05) is 0 Å². The Bertz CT molecular complexity index is 640. The third-order valence-electron chi connectivity index (χ3n) is 3.67. The minimum Gasteiger partial charge on any atom is -0.481 e. The minimum absolute atomic E-state index is 0.140. The Kier molecular flexibility index (Phi) is 9.89. The number of amides is 1. The maximum atomic E-state index is 11.7. The van der Waals surface area contributed by atoms with Crippen LogP contribution in [0.3, 0.4) is 0 Å². The largest absolute Gasteiger partial charge is 0.481 e. The Morgan fingerprint density at radius 1 is 0.966 bits per heavy atom. The number of hydrogen-bond acceptors (Lipinski definition) is 10. The molecule has 1 saturated heterocycles. The van der Waals surface area contributed by atoms with Gasteiger partial charge in [0.2, 0.25) is 5.91 Å². The van der Waals surface area contributed by atoms with Crippen LogP contribution in [0.1, 0.15) is 34.1 Å². The number of nitrogens with one attached hydrogen (secondary N) is 1. The van der Waals surface area contributed by atoms with Crippen molar-refractivity contribution in [3.63, 3.8) is 0 Å². The smallest absolute Gasteiger partial charge is 0.304 e. The number of carbonyl (C=O) groups excluding carboxylic acids is 4. The molecule has 2 N–H and O–H groups in total. The predicted octanol–water partition coefficient (Wildman–Crippen LogP) is -0.150. The summed E-state index contributed by atoms with van der Waals surface area (Å²) in [6.45, 7) is 4.43. The highest BCUT2D eigenvalue weighted by Gasteiger charge is 2.50. The molecule has 1 aliphatic rings. The van der Waals surface area contributed by atoms with Crippen LogP contribution < -0.4 is 5.32 Å². The van der Waals surface area contributed by atoms with Crippen LogP contribution in [-0.4, -0.2) is 77.0 Å². The van der Waals surface area contributed by atoms with Gasteiger partial charge in [0.05, 0.1) is 6.42 Å². The van der Waals surface area contributed by atoms with E-state index < -0.39 is 59.6 Å².